The molecule has 0 aliphatic rings. The third-order valence-electron chi connectivity index (χ3n) is 3.67. The maximum atomic E-state index is 12.2. The molecule has 7 heteroatoms. The molecule has 0 radical (unpaired) electrons. The van der Waals surface area contributed by atoms with E-state index in [0.717, 1.165) is 21.7 Å². The third kappa shape index (κ3) is 3.99. The van der Waals surface area contributed by atoms with Crippen molar-refractivity contribution < 1.29 is 4.79 Å². The summed E-state index contributed by atoms with van der Waals surface area (Å²) in [6.07, 6.45) is 3.27. The minimum absolute atomic E-state index is 0.0147. The number of para-hydroxylation sites is 1. The molecule has 1 amide bonds. The van der Waals surface area contributed by atoms with Gasteiger partial charge in [0.25, 0.3) is 0 Å². The van der Waals surface area contributed by atoms with Crippen LogP contribution in [-0.4, -0.2) is 37.5 Å². The first-order chi connectivity index (χ1) is 12.1. The fourth-order valence-corrected chi connectivity index (χ4v) is 3.25. The van der Waals surface area contributed by atoms with Crippen LogP contribution in [0.25, 0.3) is 16.7 Å². The number of amides is 1. The molecule has 0 saturated carbocycles. The molecule has 3 rings (SSSR count). The van der Waals surface area contributed by atoms with Gasteiger partial charge in [-0.2, -0.15) is 5.10 Å². The van der Waals surface area contributed by atoms with Crippen LogP contribution < -0.4 is 5.32 Å². The van der Waals surface area contributed by atoms with Crippen molar-refractivity contribution in [2.75, 3.05) is 6.54 Å². The third-order valence-corrected chi connectivity index (χ3v) is 4.79. The Morgan fingerprint density at radius 1 is 1.20 bits per heavy atom. The van der Waals surface area contributed by atoms with Crippen molar-refractivity contribution >= 4 is 28.7 Å². The maximum absolute atomic E-state index is 12.2. The van der Waals surface area contributed by atoms with Crippen LogP contribution in [0.4, 0.5) is 0 Å². The molecule has 6 nitrogen and oxygen atoms in total. The summed E-state index contributed by atoms with van der Waals surface area (Å²) in [5, 5.41) is 8.77. The van der Waals surface area contributed by atoms with Gasteiger partial charge in [0.2, 0.25) is 5.91 Å². The summed E-state index contributed by atoms with van der Waals surface area (Å²) in [7, 11) is 0. The molecule has 1 atom stereocenters. The molecule has 3 aromatic rings. The number of carbonyl (C=O) groups is 1. The van der Waals surface area contributed by atoms with Gasteiger partial charge in [-0.15, -0.1) is 0 Å². The lowest BCUT2D eigenvalue weighted by Crippen LogP contribution is -2.33. The predicted octanol–water partition coefficient (Wildman–Crippen LogP) is 3.07. The standard InChI is InChI=1S/C18H21N5OS/c1-12(2)9-19-17(24)13(3)25-18-15-10-22-23(16(15)20-11-21-18)14-7-5-4-6-8-14/h4-8,10-13H,9H2,1-3H3,(H,19,24). The van der Waals surface area contributed by atoms with E-state index < -0.39 is 0 Å². The highest BCUT2D eigenvalue weighted by molar-refractivity contribution is 8.00. The van der Waals surface area contributed by atoms with E-state index in [1.54, 1.807) is 10.9 Å². The number of hydrogen-bond donors (Lipinski definition) is 1. The first kappa shape index (κ1) is 17.4. The van der Waals surface area contributed by atoms with Crippen molar-refractivity contribution in [3.05, 3.63) is 42.9 Å². The van der Waals surface area contributed by atoms with Gasteiger partial charge in [0.1, 0.15) is 11.4 Å². The monoisotopic (exact) mass is 355 g/mol. The highest BCUT2D eigenvalue weighted by Crippen LogP contribution is 2.28. The Morgan fingerprint density at radius 2 is 1.96 bits per heavy atom. The Bertz CT molecular complexity index is 862. The first-order valence-corrected chi connectivity index (χ1v) is 9.12. The molecule has 0 fully saturated rings. The van der Waals surface area contributed by atoms with E-state index >= 15 is 0 Å². The van der Waals surface area contributed by atoms with Gasteiger partial charge in [-0.3, -0.25) is 4.79 Å². The topological polar surface area (TPSA) is 72.7 Å². The van der Waals surface area contributed by atoms with Crippen LogP contribution in [0, 0.1) is 5.92 Å². The second-order valence-electron chi connectivity index (χ2n) is 6.21. The van der Waals surface area contributed by atoms with Crippen LogP contribution in [-0.2, 0) is 4.79 Å². The number of benzene rings is 1. The summed E-state index contributed by atoms with van der Waals surface area (Å²) < 4.78 is 1.78. The Kier molecular flexibility index (Phi) is 5.33. The maximum Gasteiger partial charge on any atom is 0.233 e. The number of hydrogen-bond acceptors (Lipinski definition) is 5. The average Bonchev–Trinajstić information content (AvgIpc) is 3.05. The highest BCUT2D eigenvalue weighted by atomic mass is 32.2. The van der Waals surface area contributed by atoms with Gasteiger partial charge in [0.15, 0.2) is 5.65 Å². The Hall–Kier alpha value is -2.41. The molecular weight excluding hydrogens is 334 g/mol. The van der Waals surface area contributed by atoms with Crippen molar-refractivity contribution in [2.45, 2.75) is 31.0 Å². The van der Waals surface area contributed by atoms with Gasteiger partial charge < -0.3 is 5.32 Å². The normalized spacial score (nSPS) is 12.5. The number of thioether (sulfide) groups is 1. The van der Waals surface area contributed by atoms with E-state index in [1.807, 2.05) is 37.3 Å². The highest BCUT2D eigenvalue weighted by Gasteiger charge is 2.18. The minimum Gasteiger partial charge on any atom is -0.355 e. The molecule has 1 unspecified atom stereocenters. The Balaban J connectivity index is 1.83. The quantitative estimate of drug-likeness (QED) is 0.543. The zero-order valence-corrected chi connectivity index (χ0v) is 15.3. The van der Waals surface area contributed by atoms with Gasteiger partial charge in [0.05, 0.1) is 22.5 Å². The van der Waals surface area contributed by atoms with Gasteiger partial charge in [-0.1, -0.05) is 43.8 Å². The summed E-state index contributed by atoms with van der Waals surface area (Å²) in [6.45, 7) is 6.71. The number of nitrogens with zero attached hydrogens (tertiary/aromatic N) is 4. The van der Waals surface area contributed by atoms with Crippen LogP contribution in [0.2, 0.25) is 0 Å². The van der Waals surface area contributed by atoms with Crippen molar-refractivity contribution in [3.63, 3.8) is 0 Å². The van der Waals surface area contributed by atoms with Crippen molar-refractivity contribution in [2.24, 2.45) is 5.92 Å². The molecular formula is C18H21N5OS. The summed E-state index contributed by atoms with van der Waals surface area (Å²) >= 11 is 1.42. The Labute approximate surface area is 151 Å². The molecule has 0 spiro atoms. The lowest BCUT2D eigenvalue weighted by Gasteiger charge is -2.13. The average molecular weight is 355 g/mol. The molecule has 0 aliphatic heterocycles. The van der Waals surface area contributed by atoms with Gasteiger partial charge >= 0.3 is 0 Å². The summed E-state index contributed by atoms with van der Waals surface area (Å²) in [4.78, 5) is 20.9. The zero-order valence-electron chi connectivity index (χ0n) is 14.5. The molecule has 1 N–H and O–H groups in total. The molecule has 0 aliphatic carbocycles. The van der Waals surface area contributed by atoms with Gasteiger partial charge in [0, 0.05) is 6.54 Å². The number of carbonyl (C=O) groups excluding carboxylic acids is 1. The first-order valence-electron chi connectivity index (χ1n) is 8.24. The summed E-state index contributed by atoms with van der Waals surface area (Å²) in [5.41, 5.74) is 1.67. The van der Waals surface area contributed by atoms with Crippen LogP contribution in [0.5, 0.6) is 0 Å². The lowest BCUT2D eigenvalue weighted by atomic mass is 10.2. The molecule has 0 saturated heterocycles. The van der Waals surface area contributed by atoms with Crippen LogP contribution >= 0.6 is 11.8 Å². The van der Waals surface area contributed by atoms with Crippen LogP contribution in [0.3, 0.4) is 0 Å². The van der Waals surface area contributed by atoms with Crippen LogP contribution in [0.1, 0.15) is 20.8 Å². The number of fused-ring (bicyclic) bond motifs is 1. The number of rotatable bonds is 6. The lowest BCUT2D eigenvalue weighted by molar-refractivity contribution is -0.120. The molecule has 1 aromatic carbocycles. The molecule has 2 aromatic heterocycles. The van der Waals surface area contributed by atoms with Crippen molar-refractivity contribution in [1.82, 2.24) is 25.1 Å². The van der Waals surface area contributed by atoms with Crippen molar-refractivity contribution in [1.29, 1.82) is 0 Å². The Morgan fingerprint density at radius 3 is 2.68 bits per heavy atom. The SMILES string of the molecule is CC(C)CNC(=O)C(C)Sc1ncnc2c1cnn2-c1ccccc1. The van der Waals surface area contributed by atoms with Crippen molar-refractivity contribution in [3.8, 4) is 5.69 Å². The van der Waals surface area contributed by atoms with Gasteiger partial charge in [-0.25, -0.2) is 14.6 Å². The summed E-state index contributed by atoms with van der Waals surface area (Å²) in [5.74, 6) is 0.442. The van der Waals surface area contributed by atoms with E-state index in [-0.39, 0.29) is 11.2 Å². The fourth-order valence-electron chi connectivity index (χ4n) is 2.34. The van der Waals surface area contributed by atoms with E-state index in [0.29, 0.717) is 12.5 Å². The fraction of sp³-hybridized carbons (Fsp3) is 0.333. The van der Waals surface area contributed by atoms with E-state index in [1.165, 1.54) is 18.1 Å². The second kappa shape index (κ2) is 7.65. The van der Waals surface area contributed by atoms with E-state index in [2.05, 4.69) is 34.2 Å². The molecule has 0 bridgehead atoms. The van der Waals surface area contributed by atoms with E-state index in [9.17, 15) is 4.79 Å². The number of nitrogens with one attached hydrogen (secondary N) is 1. The summed E-state index contributed by atoms with van der Waals surface area (Å²) in [6, 6.07) is 9.83. The van der Waals surface area contributed by atoms with E-state index in [4.69, 9.17) is 0 Å². The minimum atomic E-state index is -0.239. The van der Waals surface area contributed by atoms with Gasteiger partial charge in [-0.05, 0) is 25.0 Å². The largest absolute Gasteiger partial charge is 0.355 e. The predicted molar refractivity (Wildman–Crippen MR) is 99.8 cm³/mol. The van der Waals surface area contributed by atoms with Crippen LogP contribution in [0.15, 0.2) is 47.9 Å². The molecule has 130 valence electrons. The molecule has 25 heavy (non-hydrogen) atoms. The number of aromatic nitrogens is 4. The zero-order chi connectivity index (χ0) is 17.8. The second-order valence-corrected chi connectivity index (χ2v) is 7.54. The smallest absolute Gasteiger partial charge is 0.233 e. The molecule has 2 heterocycles.